The van der Waals surface area contributed by atoms with Gasteiger partial charge in [0.15, 0.2) is 0 Å². The number of anilines is 1. The molecule has 1 unspecified atom stereocenters. The summed E-state index contributed by atoms with van der Waals surface area (Å²) in [7, 11) is 1.60. The number of para-hydroxylation sites is 1. The van der Waals surface area contributed by atoms with Crippen molar-refractivity contribution in [1.29, 1.82) is 0 Å². The molecule has 4 nitrogen and oxygen atoms in total. The molecule has 104 valence electrons. The van der Waals surface area contributed by atoms with Gasteiger partial charge in [0.05, 0.1) is 12.0 Å². The standard InChI is InChI=1S/C15H16N2O2S/c1-19-12-7-14(20-9-12)15(18)17-8-11(16)6-10-4-2-3-5-13(10)17/h2-5,7,9,11H,6,8,16H2,1H3. The Morgan fingerprint density at radius 3 is 3.00 bits per heavy atom. The lowest BCUT2D eigenvalue weighted by molar-refractivity contribution is 0.0987. The monoisotopic (exact) mass is 288 g/mol. The number of benzene rings is 1. The molecule has 0 radical (unpaired) electrons. The average molecular weight is 288 g/mol. The number of nitrogens with zero attached hydrogens (tertiary/aromatic N) is 1. The zero-order chi connectivity index (χ0) is 14.1. The number of methoxy groups -OCH3 is 1. The average Bonchev–Trinajstić information content (AvgIpc) is 2.94. The quantitative estimate of drug-likeness (QED) is 0.922. The molecule has 3 rings (SSSR count). The van der Waals surface area contributed by atoms with Crippen molar-refractivity contribution in [2.45, 2.75) is 12.5 Å². The van der Waals surface area contributed by atoms with Gasteiger partial charge in [0, 0.05) is 29.7 Å². The van der Waals surface area contributed by atoms with Crippen molar-refractivity contribution in [2.75, 3.05) is 18.6 Å². The van der Waals surface area contributed by atoms with Gasteiger partial charge >= 0.3 is 0 Å². The summed E-state index contributed by atoms with van der Waals surface area (Å²) in [5, 5.41) is 1.84. The molecule has 5 heteroatoms. The molecular formula is C15H16N2O2S. The molecule has 2 heterocycles. The van der Waals surface area contributed by atoms with E-state index in [1.165, 1.54) is 11.3 Å². The van der Waals surface area contributed by atoms with Gasteiger partial charge < -0.3 is 15.4 Å². The molecule has 0 spiro atoms. The third-order valence-electron chi connectivity index (χ3n) is 3.45. The van der Waals surface area contributed by atoms with Gasteiger partial charge in [-0.05, 0) is 18.1 Å². The van der Waals surface area contributed by atoms with Crippen molar-refractivity contribution in [1.82, 2.24) is 0 Å². The molecule has 1 amide bonds. The van der Waals surface area contributed by atoms with Crippen LogP contribution in [-0.4, -0.2) is 25.6 Å². The summed E-state index contributed by atoms with van der Waals surface area (Å²) in [5.41, 5.74) is 8.16. The lowest BCUT2D eigenvalue weighted by Gasteiger charge is -2.32. The second-order valence-corrected chi connectivity index (χ2v) is 5.77. The Labute approximate surface area is 121 Å². The van der Waals surface area contributed by atoms with Crippen molar-refractivity contribution in [3.63, 3.8) is 0 Å². The van der Waals surface area contributed by atoms with Crippen LogP contribution in [0.15, 0.2) is 35.7 Å². The molecular weight excluding hydrogens is 272 g/mol. The van der Waals surface area contributed by atoms with Crippen LogP contribution < -0.4 is 15.4 Å². The van der Waals surface area contributed by atoms with Crippen molar-refractivity contribution < 1.29 is 9.53 Å². The van der Waals surface area contributed by atoms with Crippen LogP contribution >= 0.6 is 11.3 Å². The second-order valence-electron chi connectivity index (χ2n) is 4.86. The fourth-order valence-electron chi connectivity index (χ4n) is 2.49. The highest BCUT2D eigenvalue weighted by Gasteiger charge is 2.27. The van der Waals surface area contributed by atoms with Gasteiger partial charge in [0.2, 0.25) is 0 Å². The van der Waals surface area contributed by atoms with E-state index in [4.69, 9.17) is 10.5 Å². The SMILES string of the molecule is COc1csc(C(=O)N2CC(N)Cc3ccccc32)c1. The van der Waals surface area contributed by atoms with E-state index in [9.17, 15) is 4.79 Å². The lowest BCUT2D eigenvalue weighted by Crippen LogP contribution is -2.46. The van der Waals surface area contributed by atoms with E-state index in [-0.39, 0.29) is 11.9 Å². The first kappa shape index (κ1) is 13.1. The molecule has 20 heavy (non-hydrogen) atoms. The summed E-state index contributed by atoms with van der Waals surface area (Å²) in [6.45, 7) is 0.552. The van der Waals surface area contributed by atoms with Crippen molar-refractivity contribution in [3.8, 4) is 5.75 Å². The molecule has 0 fully saturated rings. The first-order valence-electron chi connectivity index (χ1n) is 6.47. The molecule has 1 aliphatic rings. The molecule has 0 aliphatic carbocycles. The lowest BCUT2D eigenvalue weighted by atomic mass is 9.98. The maximum absolute atomic E-state index is 12.7. The number of hydrogen-bond acceptors (Lipinski definition) is 4. The smallest absolute Gasteiger partial charge is 0.268 e. The zero-order valence-electron chi connectivity index (χ0n) is 11.2. The van der Waals surface area contributed by atoms with Crippen LogP contribution in [0.1, 0.15) is 15.2 Å². The Morgan fingerprint density at radius 2 is 2.25 bits per heavy atom. The third-order valence-corrected chi connectivity index (χ3v) is 4.35. The highest BCUT2D eigenvalue weighted by Crippen LogP contribution is 2.30. The summed E-state index contributed by atoms with van der Waals surface area (Å²) in [6.07, 6.45) is 0.813. The van der Waals surface area contributed by atoms with Crippen LogP contribution in [0.2, 0.25) is 0 Å². The van der Waals surface area contributed by atoms with Gasteiger partial charge in [-0.1, -0.05) is 18.2 Å². The van der Waals surface area contributed by atoms with Crippen LogP contribution in [0.4, 0.5) is 5.69 Å². The molecule has 1 aromatic carbocycles. The van der Waals surface area contributed by atoms with E-state index in [2.05, 4.69) is 0 Å². The molecule has 0 saturated carbocycles. The molecule has 2 aromatic rings. The van der Waals surface area contributed by atoms with Crippen molar-refractivity contribution in [2.24, 2.45) is 5.73 Å². The predicted octanol–water partition coefficient (Wildman–Crippen LogP) is 2.29. The fourth-order valence-corrected chi connectivity index (χ4v) is 3.29. The third kappa shape index (κ3) is 2.30. The number of rotatable bonds is 2. The minimum Gasteiger partial charge on any atom is -0.496 e. The summed E-state index contributed by atoms with van der Waals surface area (Å²) in [4.78, 5) is 15.1. The largest absolute Gasteiger partial charge is 0.496 e. The maximum Gasteiger partial charge on any atom is 0.268 e. The van der Waals surface area contributed by atoms with Crippen LogP contribution in [0.5, 0.6) is 5.75 Å². The number of ether oxygens (including phenoxy) is 1. The van der Waals surface area contributed by atoms with Gasteiger partial charge in [-0.2, -0.15) is 0 Å². The fraction of sp³-hybridized carbons (Fsp3) is 0.267. The summed E-state index contributed by atoms with van der Waals surface area (Å²) < 4.78 is 5.14. The Kier molecular flexibility index (Phi) is 3.46. The first-order valence-corrected chi connectivity index (χ1v) is 7.35. The number of nitrogens with two attached hydrogens (primary N) is 1. The van der Waals surface area contributed by atoms with Crippen LogP contribution in [-0.2, 0) is 6.42 Å². The van der Waals surface area contributed by atoms with E-state index < -0.39 is 0 Å². The Balaban J connectivity index is 1.95. The second kappa shape index (κ2) is 5.26. The van der Waals surface area contributed by atoms with Gasteiger partial charge in [-0.3, -0.25) is 4.79 Å². The minimum absolute atomic E-state index is 0.0131. The number of hydrogen-bond donors (Lipinski definition) is 1. The first-order chi connectivity index (χ1) is 9.69. The molecule has 1 atom stereocenters. The maximum atomic E-state index is 12.7. The molecule has 1 aromatic heterocycles. The minimum atomic E-state index is -0.0179. The normalized spacial score (nSPS) is 17.7. The van der Waals surface area contributed by atoms with Crippen LogP contribution in [0.25, 0.3) is 0 Å². The number of carbonyl (C=O) groups is 1. The Hall–Kier alpha value is -1.85. The van der Waals surface area contributed by atoms with Crippen LogP contribution in [0.3, 0.4) is 0 Å². The number of carbonyl (C=O) groups excluding carboxylic acids is 1. The van der Waals surface area contributed by atoms with E-state index >= 15 is 0 Å². The van der Waals surface area contributed by atoms with E-state index in [0.717, 1.165) is 17.7 Å². The number of amides is 1. The Morgan fingerprint density at radius 1 is 1.45 bits per heavy atom. The topological polar surface area (TPSA) is 55.6 Å². The van der Waals surface area contributed by atoms with Crippen molar-refractivity contribution in [3.05, 3.63) is 46.2 Å². The van der Waals surface area contributed by atoms with E-state index in [1.807, 2.05) is 29.6 Å². The number of fused-ring (bicyclic) bond motifs is 1. The van der Waals surface area contributed by atoms with Crippen LogP contribution in [0, 0.1) is 0 Å². The van der Waals surface area contributed by atoms with E-state index in [0.29, 0.717) is 17.2 Å². The van der Waals surface area contributed by atoms with Gasteiger partial charge in [-0.25, -0.2) is 0 Å². The molecule has 2 N–H and O–H groups in total. The molecule has 0 saturated heterocycles. The van der Waals surface area contributed by atoms with Crippen molar-refractivity contribution >= 4 is 22.9 Å². The summed E-state index contributed by atoms with van der Waals surface area (Å²) >= 11 is 1.39. The summed E-state index contributed by atoms with van der Waals surface area (Å²) in [5.74, 6) is 0.703. The molecule has 1 aliphatic heterocycles. The highest BCUT2D eigenvalue weighted by atomic mass is 32.1. The van der Waals surface area contributed by atoms with Gasteiger partial charge in [0.1, 0.15) is 5.75 Å². The molecule has 0 bridgehead atoms. The number of thiophene rings is 1. The van der Waals surface area contributed by atoms with E-state index in [1.54, 1.807) is 18.1 Å². The zero-order valence-corrected chi connectivity index (χ0v) is 12.0. The predicted molar refractivity (Wildman–Crippen MR) is 80.7 cm³/mol. The van der Waals surface area contributed by atoms with Gasteiger partial charge in [-0.15, -0.1) is 11.3 Å². The summed E-state index contributed by atoms with van der Waals surface area (Å²) in [6, 6.07) is 9.69. The Bertz CT molecular complexity index is 638. The highest BCUT2D eigenvalue weighted by molar-refractivity contribution is 7.12. The van der Waals surface area contributed by atoms with Gasteiger partial charge in [0.25, 0.3) is 5.91 Å².